The Balaban J connectivity index is 2.77. The molecule has 118 valence electrons. The van der Waals surface area contributed by atoms with E-state index in [1.165, 1.54) is 4.90 Å². The highest BCUT2D eigenvalue weighted by molar-refractivity contribution is 5.99. The van der Waals surface area contributed by atoms with Crippen molar-refractivity contribution >= 4 is 17.5 Å². The number of carbonyl (C=O) groups excluding carboxylic acids is 2. The molecule has 0 aliphatic heterocycles. The fourth-order valence-corrected chi connectivity index (χ4v) is 1.89. The number of aromatic nitrogens is 2. The van der Waals surface area contributed by atoms with E-state index in [1.807, 2.05) is 20.8 Å². The lowest BCUT2D eigenvalue weighted by Gasteiger charge is -2.18. The largest absolute Gasteiger partial charge is 0.395 e. The molecular weight excluding hydrogens is 270 g/mol. The van der Waals surface area contributed by atoms with Crippen LogP contribution in [0.2, 0.25) is 0 Å². The summed E-state index contributed by atoms with van der Waals surface area (Å²) in [6.45, 7) is 8.81. The second-order valence-electron chi connectivity index (χ2n) is 5.52. The molecule has 0 bridgehead atoms. The van der Waals surface area contributed by atoms with Crippen LogP contribution in [0.4, 0.5) is 5.69 Å². The molecule has 0 fully saturated rings. The minimum Gasteiger partial charge on any atom is -0.395 e. The third kappa shape index (κ3) is 4.21. The monoisotopic (exact) mass is 295 g/mol. The van der Waals surface area contributed by atoms with Gasteiger partial charge in [-0.1, -0.05) is 13.8 Å². The molecule has 2 amide bonds. The van der Waals surface area contributed by atoms with Gasteiger partial charge in [-0.05, 0) is 19.8 Å². The van der Waals surface area contributed by atoms with Crippen LogP contribution in [0.5, 0.6) is 0 Å². The van der Waals surface area contributed by atoms with Gasteiger partial charge in [0.1, 0.15) is 5.69 Å². The van der Waals surface area contributed by atoms with Crippen LogP contribution in [0.1, 0.15) is 37.0 Å². The van der Waals surface area contributed by atoms with Gasteiger partial charge in [-0.2, -0.15) is 5.10 Å². The number of nitrogen functional groups attached to an aromatic ring is 1. The summed E-state index contributed by atoms with van der Waals surface area (Å²) in [5.41, 5.74) is 7.25. The Morgan fingerprint density at radius 2 is 2.05 bits per heavy atom. The first kappa shape index (κ1) is 17.0. The summed E-state index contributed by atoms with van der Waals surface area (Å²) in [5.74, 6) is -0.109. The van der Waals surface area contributed by atoms with Crippen LogP contribution in [0.25, 0.3) is 0 Å². The van der Waals surface area contributed by atoms with Crippen molar-refractivity contribution in [1.29, 1.82) is 0 Å². The molecule has 0 aliphatic carbocycles. The van der Waals surface area contributed by atoms with Crippen LogP contribution in [0.3, 0.4) is 0 Å². The van der Waals surface area contributed by atoms with E-state index in [2.05, 4.69) is 10.4 Å². The summed E-state index contributed by atoms with van der Waals surface area (Å²) in [5, 5.41) is 7.00. The average molecular weight is 295 g/mol. The summed E-state index contributed by atoms with van der Waals surface area (Å²) >= 11 is 0. The lowest BCUT2D eigenvalue weighted by Crippen LogP contribution is -2.40. The zero-order valence-corrected chi connectivity index (χ0v) is 13.4. The van der Waals surface area contributed by atoms with Crippen molar-refractivity contribution in [3.63, 3.8) is 0 Å². The number of nitrogens with zero attached hydrogens (tertiary/aromatic N) is 3. The fourth-order valence-electron chi connectivity index (χ4n) is 1.89. The van der Waals surface area contributed by atoms with Crippen molar-refractivity contribution in [3.8, 4) is 0 Å². The van der Waals surface area contributed by atoms with Crippen molar-refractivity contribution in [2.24, 2.45) is 5.92 Å². The summed E-state index contributed by atoms with van der Waals surface area (Å²) in [7, 11) is 1.58. The van der Waals surface area contributed by atoms with E-state index in [0.29, 0.717) is 36.1 Å². The Kier molecular flexibility index (Phi) is 5.75. The van der Waals surface area contributed by atoms with Crippen LogP contribution in [0.15, 0.2) is 0 Å². The molecule has 0 aromatic carbocycles. The second kappa shape index (κ2) is 7.10. The van der Waals surface area contributed by atoms with Gasteiger partial charge in [0.25, 0.3) is 5.91 Å². The van der Waals surface area contributed by atoms with Gasteiger partial charge in [0.05, 0.1) is 17.9 Å². The molecule has 3 N–H and O–H groups in total. The van der Waals surface area contributed by atoms with E-state index in [9.17, 15) is 9.59 Å². The summed E-state index contributed by atoms with van der Waals surface area (Å²) < 4.78 is 1.57. The predicted molar refractivity (Wildman–Crippen MR) is 81.9 cm³/mol. The Labute approximate surface area is 125 Å². The maximum absolute atomic E-state index is 12.4. The standard InChI is InChI=1S/C14H25N5O2/c1-6-19-13(12(15)10(4)17-19)14(21)18(5)8-11(20)16-7-9(2)3/h9H,6-8,15H2,1-5H3,(H,16,20). The van der Waals surface area contributed by atoms with E-state index < -0.39 is 0 Å². The van der Waals surface area contributed by atoms with Gasteiger partial charge in [0, 0.05) is 20.1 Å². The van der Waals surface area contributed by atoms with E-state index in [-0.39, 0.29) is 18.4 Å². The number of hydrogen-bond donors (Lipinski definition) is 2. The Morgan fingerprint density at radius 1 is 1.43 bits per heavy atom. The molecule has 7 nitrogen and oxygen atoms in total. The van der Waals surface area contributed by atoms with Gasteiger partial charge in [-0.3, -0.25) is 14.3 Å². The van der Waals surface area contributed by atoms with Gasteiger partial charge < -0.3 is 16.0 Å². The topological polar surface area (TPSA) is 93.2 Å². The quantitative estimate of drug-likeness (QED) is 0.805. The first-order valence-corrected chi connectivity index (χ1v) is 7.12. The summed E-state index contributed by atoms with van der Waals surface area (Å²) in [6, 6.07) is 0. The summed E-state index contributed by atoms with van der Waals surface area (Å²) in [4.78, 5) is 25.6. The Morgan fingerprint density at radius 3 is 2.57 bits per heavy atom. The minimum absolute atomic E-state index is 0.00106. The Hall–Kier alpha value is -2.05. The molecule has 1 heterocycles. The minimum atomic E-state index is -0.297. The first-order chi connectivity index (χ1) is 9.77. The van der Waals surface area contributed by atoms with Crippen molar-refractivity contribution in [1.82, 2.24) is 20.0 Å². The normalized spacial score (nSPS) is 10.8. The SMILES string of the molecule is CCn1nc(C)c(N)c1C(=O)N(C)CC(=O)NCC(C)C. The molecule has 0 aliphatic rings. The number of anilines is 1. The fraction of sp³-hybridized carbons (Fsp3) is 0.643. The van der Waals surface area contributed by atoms with Gasteiger partial charge >= 0.3 is 0 Å². The van der Waals surface area contributed by atoms with E-state index in [4.69, 9.17) is 5.73 Å². The third-order valence-corrected chi connectivity index (χ3v) is 3.11. The van der Waals surface area contributed by atoms with E-state index in [0.717, 1.165) is 0 Å². The lowest BCUT2D eigenvalue weighted by atomic mass is 10.2. The molecule has 0 saturated carbocycles. The number of carbonyl (C=O) groups is 2. The van der Waals surface area contributed by atoms with Crippen molar-refractivity contribution in [2.75, 3.05) is 25.9 Å². The third-order valence-electron chi connectivity index (χ3n) is 3.11. The number of likely N-dealkylation sites (N-methyl/N-ethyl adjacent to an activating group) is 1. The zero-order chi connectivity index (χ0) is 16.2. The van der Waals surface area contributed by atoms with Gasteiger partial charge in [0.15, 0.2) is 0 Å². The summed E-state index contributed by atoms with van der Waals surface area (Å²) in [6.07, 6.45) is 0. The number of rotatable bonds is 6. The molecule has 7 heteroatoms. The molecule has 0 atom stereocenters. The van der Waals surface area contributed by atoms with Crippen LogP contribution in [-0.2, 0) is 11.3 Å². The van der Waals surface area contributed by atoms with Gasteiger partial charge in [0.2, 0.25) is 5.91 Å². The number of nitrogens with two attached hydrogens (primary N) is 1. The molecule has 1 aromatic heterocycles. The van der Waals surface area contributed by atoms with E-state index >= 15 is 0 Å². The van der Waals surface area contributed by atoms with E-state index in [1.54, 1.807) is 18.7 Å². The highest BCUT2D eigenvalue weighted by Gasteiger charge is 2.23. The number of nitrogens with one attached hydrogen (secondary N) is 1. The van der Waals surface area contributed by atoms with Crippen LogP contribution in [-0.4, -0.2) is 46.6 Å². The number of hydrogen-bond acceptors (Lipinski definition) is 4. The van der Waals surface area contributed by atoms with Crippen molar-refractivity contribution in [2.45, 2.75) is 34.2 Å². The van der Waals surface area contributed by atoms with Gasteiger partial charge in [-0.25, -0.2) is 0 Å². The highest BCUT2D eigenvalue weighted by Crippen LogP contribution is 2.17. The molecule has 21 heavy (non-hydrogen) atoms. The molecular formula is C14H25N5O2. The maximum Gasteiger partial charge on any atom is 0.274 e. The molecule has 0 spiro atoms. The number of amides is 2. The molecule has 0 unspecified atom stereocenters. The Bertz CT molecular complexity index is 522. The number of aryl methyl sites for hydroxylation is 2. The molecule has 1 aromatic rings. The maximum atomic E-state index is 12.4. The van der Waals surface area contributed by atoms with Crippen molar-refractivity contribution < 1.29 is 9.59 Å². The molecule has 1 rings (SSSR count). The second-order valence-corrected chi connectivity index (χ2v) is 5.52. The van der Waals surface area contributed by atoms with Crippen molar-refractivity contribution in [3.05, 3.63) is 11.4 Å². The highest BCUT2D eigenvalue weighted by atomic mass is 16.2. The van der Waals surface area contributed by atoms with Crippen LogP contribution >= 0.6 is 0 Å². The zero-order valence-electron chi connectivity index (χ0n) is 13.4. The van der Waals surface area contributed by atoms with Gasteiger partial charge in [-0.15, -0.1) is 0 Å². The first-order valence-electron chi connectivity index (χ1n) is 7.12. The molecule has 0 radical (unpaired) electrons. The smallest absolute Gasteiger partial charge is 0.274 e. The van der Waals surface area contributed by atoms with Crippen LogP contribution < -0.4 is 11.1 Å². The lowest BCUT2D eigenvalue weighted by molar-refractivity contribution is -0.121. The average Bonchev–Trinajstić information content (AvgIpc) is 2.71. The predicted octanol–water partition coefficient (Wildman–Crippen LogP) is 0.638. The molecule has 0 saturated heterocycles. The van der Waals surface area contributed by atoms with Crippen LogP contribution in [0, 0.1) is 12.8 Å².